The third-order valence-electron chi connectivity index (χ3n) is 5.61. The Kier molecular flexibility index (Phi) is 5.22. The van der Waals surface area contributed by atoms with E-state index in [1.54, 1.807) is 0 Å². The SMILES string of the molecule is CCC=C(C(=O)O)C1CCC2C(O[Si](C)(C)C)CCC[C@]12C. The highest BCUT2D eigenvalue weighted by atomic mass is 28.4. The standard InChI is InChI=1S/C18H32O3Si/c1-6-8-13(17(19)20)14-10-11-15-16(21-22(3,4)5)9-7-12-18(14,15)2/h8,14-16H,6-7,9-12H2,1-5H3,(H,19,20)/t14?,15?,16?,18-/m1/s1. The molecule has 0 bridgehead atoms. The van der Waals surface area contributed by atoms with Crippen molar-refractivity contribution >= 4 is 14.3 Å². The molecule has 0 amide bonds. The molecule has 2 aliphatic carbocycles. The van der Waals surface area contributed by atoms with Gasteiger partial charge in [-0.1, -0.05) is 26.3 Å². The molecule has 0 saturated heterocycles. The van der Waals surface area contributed by atoms with Gasteiger partial charge in [0.15, 0.2) is 8.32 Å². The van der Waals surface area contributed by atoms with E-state index in [9.17, 15) is 9.90 Å². The molecular formula is C18H32O3Si. The first kappa shape index (κ1) is 17.7. The summed E-state index contributed by atoms with van der Waals surface area (Å²) >= 11 is 0. The Bertz CT molecular complexity index is 452. The van der Waals surface area contributed by atoms with Gasteiger partial charge in [-0.25, -0.2) is 4.79 Å². The summed E-state index contributed by atoms with van der Waals surface area (Å²) in [5, 5.41) is 9.63. The number of hydrogen-bond donors (Lipinski definition) is 1. The van der Waals surface area contributed by atoms with E-state index in [-0.39, 0.29) is 11.3 Å². The minimum Gasteiger partial charge on any atom is -0.478 e. The van der Waals surface area contributed by atoms with Gasteiger partial charge in [-0.05, 0) is 69.0 Å². The fraction of sp³-hybridized carbons (Fsp3) is 0.833. The van der Waals surface area contributed by atoms with Crippen LogP contribution in [0.4, 0.5) is 0 Å². The first-order chi connectivity index (χ1) is 10.2. The van der Waals surface area contributed by atoms with Crippen molar-refractivity contribution in [2.45, 2.75) is 78.1 Å². The van der Waals surface area contributed by atoms with Crippen LogP contribution in [-0.4, -0.2) is 25.5 Å². The zero-order chi connectivity index (χ0) is 16.5. The highest BCUT2D eigenvalue weighted by molar-refractivity contribution is 6.69. The van der Waals surface area contributed by atoms with E-state index in [2.05, 4.69) is 26.6 Å². The maximum Gasteiger partial charge on any atom is 0.331 e. The second-order valence-electron chi connectivity index (χ2n) is 8.28. The molecule has 0 radical (unpaired) electrons. The summed E-state index contributed by atoms with van der Waals surface area (Å²) in [4.78, 5) is 11.7. The number of carbonyl (C=O) groups is 1. The Morgan fingerprint density at radius 1 is 1.32 bits per heavy atom. The van der Waals surface area contributed by atoms with Crippen molar-refractivity contribution in [1.29, 1.82) is 0 Å². The summed E-state index contributed by atoms with van der Waals surface area (Å²) < 4.78 is 6.48. The van der Waals surface area contributed by atoms with Gasteiger partial charge in [0.25, 0.3) is 0 Å². The Balaban J connectivity index is 2.26. The normalized spacial score (nSPS) is 36.2. The van der Waals surface area contributed by atoms with Crippen LogP contribution in [0.25, 0.3) is 0 Å². The predicted octanol–water partition coefficient (Wildman–Crippen LogP) is 4.84. The zero-order valence-electron chi connectivity index (χ0n) is 14.8. The minimum absolute atomic E-state index is 0.0992. The Morgan fingerprint density at radius 2 is 2.00 bits per heavy atom. The first-order valence-electron chi connectivity index (χ1n) is 8.80. The van der Waals surface area contributed by atoms with Crippen LogP contribution in [0.5, 0.6) is 0 Å². The topological polar surface area (TPSA) is 46.5 Å². The fourth-order valence-corrected chi connectivity index (χ4v) is 6.01. The lowest BCUT2D eigenvalue weighted by molar-refractivity contribution is -0.134. The van der Waals surface area contributed by atoms with Crippen LogP contribution in [0.1, 0.15) is 52.4 Å². The highest BCUT2D eigenvalue weighted by Crippen LogP contribution is 2.58. The molecule has 2 fully saturated rings. The van der Waals surface area contributed by atoms with Crippen molar-refractivity contribution in [3.8, 4) is 0 Å². The van der Waals surface area contributed by atoms with Crippen molar-refractivity contribution in [1.82, 2.24) is 0 Å². The third kappa shape index (κ3) is 3.48. The van der Waals surface area contributed by atoms with Crippen molar-refractivity contribution in [2.24, 2.45) is 17.3 Å². The van der Waals surface area contributed by atoms with Crippen molar-refractivity contribution < 1.29 is 14.3 Å². The average molecular weight is 325 g/mol. The third-order valence-corrected chi connectivity index (χ3v) is 6.62. The van der Waals surface area contributed by atoms with Crippen molar-refractivity contribution in [3.63, 3.8) is 0 Å². The summed E-state index contributed by atoms with van der Waals surface area (Å²) in [5.74, 6) is 0.00234. The molecule has 0 heterocycles. The van der Waals surface area contributed by atoms with E-state index in [0.717, 1.165) is 38.5 Å². The quantitative estimate of drug-likeness (QED) is 0.581. The number of carboxylic acid groups (broad SMARTS) is 1. The minimum atomic E-state index is -1.55. The first-order valence-corrected chi connectivity index (χ1v) is 12.2. The van der Waals surface area contributed by atoms with Gasteiger partial charge in [0.2, 0.25) is 0 Å². The lowest BCUT2D eigenvalue weighted by atomic mass is 9.62. The van der Waals surface area contributed by atoms with Gasteiger partial charge in [0, 0.05) is 11.7 Å². The molecule has 4 heteroatoms. The summed E-state index contributed by atoms with van der Waals surface area (Å²) in [6.07, 6.45) is 8.65. The van der Waals surface area contributed by atoms with E-state index in [0.29, 0.717) is 17.6 Å². The smallest absolute Gasteiger partial charge is 0.331 e. The number of fused-ring (bicyclic) bond motifs is 1. The largest absolute Gasteiger partial charge is 0.478 e. The molecule has 0 aromatic heterocycles. The Hall–Kier alpha value is -0.613. The molecule has 22 heavy (non-hydrogen) atoms. The average Bonchev–Trinajstić information content (AvgIpc) is 2.72. The summed E-state index contributed by atoms with van der Waals surface area (Å²) in [7, 11) is -1.55. The molecule has 2 rings (SSSR count). The molecule has 0 aliphatic heterocycles. The van der Waals surface area contributed by atoms with Crippen LogP contribution in [0.2, 0.25) is 19.6 Å². The summed E-state index contributed by atoms with van der Waals surface area (Å²) in [6, 6.07) is 0. The van der Waals surface area contributed by atoms with E-state index in [1.165, 1.54) is 0 Å². The molecule has 2 saturated carbocycles. The molecule has 0 aromatic carbocycles. The lowest BCUT2D eigenvalue weighted by Gasteiger charge is -2.46. The molecule has 0 aromatic rings. The molecular weight excluding hydrogens is 292 g/mol. The van der Waals surface area contributed by atoms with Crippen molar-refractivity contribution in [3.05, 3.63) is 11.6 Å². The Morgan fingerprint density at radius 3 is 2.55 bits per heavy atom. The lowest BCUT2D eigenvalue weighted by Crippen LogP contribution is -2.45. The van der Waals surface area contributed by atoms with Gasteiger partial charge in [-0.15, -0.1) is 0 Å². The number of carboxylic acids is 1. The molecule has 1 N–H and O–H groups in total. The van der Waals surface area contributed by atoms with Gasteiger partial charge in [-0.3, -0.25) is 0 Å². The van der Waals surface area contributed by atoms with Crippen LogP contribution in [-0.2, 0) is 9.22 Å². The molecule has 3 unspecified atom stereocenters. The second-order valence-corrected chi connectivity index (χ2v) is 12.7. The van der Waals surface area contributed by atoms with Gasteiger partial charge in [0.05, 0.1) is 0 Å². The van der Waals surface area contributed by atoms with E-state index < -0.39 is 14.3 Å². The molecule has 3 nitrogen and oxygen atoms in total. The van der Waals surface area contributed by atoms with Gasteiger partial charge in [0.1, 0.15) is 0 Å². The monoisotopic (exact) mass is 324 g/mol. The highest BCUT2D eigenvalue weighted by Gasteiger charge is 2.53. The van der Waals surface area contributed by atoms with Gasteiger partial charge in [-0.2, -0.15) is 0 Å². The maximum absolute atomic E-state index is 11.7. The van der Waals surface area contributed by atoms with Crippen LogP contribution in [0.15, 0.2) is 11.6 Å². The van der Waals surface area contributed by atoms with E-state index in [4.69, 9.17) is 4.43 Å². The second kappa shape index (κ2) is 6.48. The molecule has 4 atom stereocenters. The molecule has 126 valence electrons. The molecule has 0 spiro atoms. The van der Waals surface area contributed by atoms with Crippen LogP contribution >= 0.6 is 0 Å². The number of hydrogen-bond acceptors (Lipinski definition) is 2. The number of rotatable bonds is 5. The number of aliphatic carboxylic acids is 1. The van der Waals surface area contributed by atoms with Crippen molar-refractivity contribution in [2.75, 3.05) is 0 Å². The van der Waals surface area contributed by atoms with Gasteiger partial charge >= 0.3 is 5.97 Å². The summed E-state index contributed by atoms with van der Waals surface area (Å²) in [6.45, 7) is 11.1. The number of allylic oxidation sites excluding steroid dienone is 1. The van der Waals surface area contributed by atoms with Gasteiger partial charge < -0.3 is 9.53 Å². The van der Waals surface area contributed by atoms with E-state index >= 15 is 0 Å². The summed E-state index contributed by atoms with van der Waals surface area (Å²) in [5.41, 5.74) is 0.753. The molecule has 2 aliphatic rings. The zero-order valence-corrected chi connectivity index (χ0v) is 15.8. The van der Waals surface area contributed by atoms with E-state index in [1.807, 2.05) is 13.0 Å². The Labute approximate surface area is 136 Å². The predicted molar refractivity (Wildman–Crippen MR) is 92.4 cm³/mol. The van der Waals surface area contributed by atoms with Crippen LogP contribution in [0.3, 0.4) is 0 Å². The van der Waals surface area contributed by atoms with Crippen LogP contribution in [0, 0.1) is 17.3 Å². The maximum atomic E-state index is 11.7. The fourth-order valence-electron chi connectivity index (χ4n) is 4.82. The van der Waals surface area contributed by atoms with Crippen LogP contribution < -0.4 is 0 Å².